The number of aromatic nitrogens is 4. The fourth-order valence-corrected chi connectivity index (χ4v) is 2.41. The fourth-order valence-electron chi connectivity index (χ4n) is 1.65. The molecular weight excluding hydrogens is 375 g/mol. The van der Waals surface area contributed by atoms with Gasteiger partial charge in [-0.15, -0.1) is 0 Å². The van der Waals surface area contributed by atoms with Crippen LogP contribution in [0.1, 0.15) is 27.9 Å². The number of nitrogens with zero attached hydrogens (tertiary/aromatic N) is 4. The Morgan fingerprint density at radius 1 is 1.35 bits per heavy atom. The average molecular weight is 388 g/mol. The Labute approximate surface area is 128 Å². The lowest BCUT2D eigenvalue weighted by atomic mass is 10.3. The van der Waals surface area contributed by atoms with Crippen molar-refractivity contribution in [3.05, 3.63) is 27.4 Å². The minimum Gasteiger partial charge on any atom is -0.364 e. The van der Waals surface area contributed by atoms with Gasteiger partial charge in [0.2, 0.25) is 0 Å². The van der Waals surface area contributed by atoms with Crippen molar-refractivity contribution in [2.45, 2.75) is 13.5 Å². The lowest BCUT2D eigenvalue weighted by molar-refractivity contribution is 0.0995. The van der Waals surface area contributed by atoms with Gasteiger partial charge in [-0.3, -0.25) is 19.0 Å². The van der Waals surface area contributed by atoms with Gasteiger partial charge in [0.1, 0.15) is 0 Å². The third kappa shape index (κ3) is 2.81. The molecule has 0 unspecified atom stereocenters. The number of carbonyl (C=O) groups excluding carboxylic acids is 2. The van der Waals surface area contributed by atoms with Crippen LogP contribution in [0.2, 0.25) is 0 Å². The standard InChI is InChI=1S/C11H13IN6O2/c1-3-18-5-7(9(16-18)10(13)19)14-11(20)8-6(12)4-17(2)15-8/h4-5H,3H2,1-2H3,(H2,13,19)(H,14,20). The molecule has 2 aromatic rings. The van der Waals surface area contributed by atoms with Crippen LogP contribution >= 0.6 is 22.6 Å². The molecule has 0 aliphatic carbocycles. The quantitative estimate of drug-likeness (QED) is 0.748. The molecule has 0 fully saturated rings. The molecule has 9 heteroatoms. The van der Waals surface area contributed by atoms with Crippen molar-refractivity contribution >= 4 is 40.1 Å². The van der Waals surface area contributed by atoms with Crippen LogP contribution in [0.3, 0.4) is 0 Å². The van der Waals surface area contributed by atoms with Crippen molar-refractivity contribution in [2.24, 2.45) is 12.8 Å². The molecular formula is C11H13IN6O2. The minimum atomic E-state index is -0.691. The van der Waals surface area contributed by atoms with Gasteiger partial charge in [0.05, 0.1) is 9.26 Å². The molecule has 0 saturated carbocycles. The largest absolute Gasteiger partial charge is 0.364 e. The zero-order valence-electron chi connectivity index (χ0n) is 10.9. The van der Waals surface area contributed by atoms with E-state index in [9.17, 15) is 9.59 Å². The molecule has 0 atom stereocenters. The topological polar surface area (TPSA) is 108 Å². The van der Waals surface area contributed by atoms with E-state index in [0.29, 0.717) is 10.1 Å². The Bertz CT molecular complexity index is 675. The Kier molecular flexibility index (Phi) is 4.06. The van der Waals surface area contributed by atoms with Gasteiger partial charge in [0.25, 0.3) is 11.8 Å². The third-order valence-electron chi connectivity index (χ3n) is 2.57. The second-order valence-corrected chi connectivity index (χ2v) is 5.23. The molecule has 20 heavy (non-hydrogen) atoms. The summed E-state index contributed by atoms with van der Waals surface area (Å²) in [5.41, 5.74) is 5.85. The maximum atomic E-state index is 12.1. The number of hydrogen-bond donors (Lipinski definition) is 2. The van der Waals surface area contributed by atoms with Gasteiger partial charge in [0, 0.05) is 26.0 Å². The summed E-state index contributed by atoms with van der Waals surface area (Å²) < 4.78 is 3.78. The van der Waals surface area contributed by atoms with Crippen LogP contribution in [0.4, 0.5) is 5.69 Å². The minimum absolute atomic E-state index is 0.0335. The molecule has 0 saturated heterocycles. The van der Waals surface area contributed by atoms with Gasteiger partial charge in [-0.2, -0.15) is 10.2 Å². The number of rotatable bonds is 4. The normalized spacial score (nSPS) is 10.6. The number of aryl methyl sites for hydroxylation is 2. The SMILES string of the molecule is CCn1cc(NC(=O)c2nn(C)cc2I)c(C(N)=O)n1. The second kappa shape index (κ2) is 5.61. The van der Waals surface area contributed by atoms with Gasteiger partial charge in [0.15, 0.2) is 11.4 Å². The van der Waals surface area contributed by atoms with Crippen LogP contribution in [0.25, 0.3) is 0 Å². The summed E-state index contributed by atoms with van der Waals surface area (Å²) >= 11 is 2.02. The molecule has 2 rings (SSSR count). The van der Waals surface area contributed by atoms with Gasteiger partial charge in [-0.1, -0.05) is 0 Å². The van der Waals surface area contributed by atoms with E-state index in [2.05, 4.69) is 15.5 Å². The molecule has 106 valence electrons. The number of nitrogens with one attached hydrogen (secondary N) is 1. The molecule has 0 radical (unpaired) electrons. The molecule has 0 bridgehead atoms. The number of nitrogens with two attached hydrogens (primary N) is 1. The summed E-state index contributed by atoms with van der Waals surface area (Å²) in [5, 5.41) is 10.7. The van der Waals surface area contributed by atoms with Gasteiger partial charge < -0.3 is 11.1 Å². The zero-order chi connectivity index (χ0) is 14.9. The van der Waals surface area contributed by atoms with Crippen LogP contribution in [-0.2, 0) is 13.6 Å². The number of amides is 2. The van der Waals surface area contributed by atoms with Gasteiger partial charge >= 0.3 is 0 Å². The summed E-state index contributed by atoms with van der Waals surface area (Å²) in [7, 11) is 1.73. The first-order valence-electron chi connectivity index (χ1n) is 5.80. The summed E-state index contributed by atoms with van der Waals surface area (Å²) in [4.78, 5) is 23.5. The molecule has 2 heterocycles. The van der Waals surface area contributed by atoms with Crippen LogP contribution in [0, 0.1) is 3.57 Å². The maximum Gasteiger partial charge on any atom is 0.277 e. The van der Waals surface area contributed by atoms with Crippen molar-refractivity contribution < 1.29 is 9.59 Å². The Balaban J connectivity index is 2.30. The van der Waals surface area contributed by atoms with E-state index < -0.39 is 11.8 Å². The molecule has 0 aromatic carbocycles. The average Bonchev–Trinajstić information content (AvgIpc) is 2.92. The number of primary amides is 1. The summed E-state index contributed by atoms with van der Waals surface area (Å²) in [6, 6.07) is 0. The highest BCUT2D eigenvalue weighted by Crippen LogP contribution is 2.16. The number of hydrogen-bond acceptors (Lipinski definition) is 4. The van der Waals surface area contributed by atoms with Crippen molar-refractivity contribution in [3.63, 3.8) is 0 Å². The predicted octanol–water partition coefficient (Wildman–Crippen LogP) is 0.592. The first-order valence-corrected chi connectivity index (χ1v) is 6.88. The van der Waals surface area contributed by atoms with Crippen molar-refractivity contribution in [3.8, 4) is 0 Å². The van der Waals surface area contributed by atoms with Crippen molar-refractivity contribution in [1.29, 1.82) is 0 Å². The summed E-state index contributed by atoms with van der Waals surface area (Å²) in [6.07, 6.45) is 3.29. The number of carbonyl (C=O) groups is 2. The lowest BCUT2D eigenvalue weighted by Gasteiger charge is -2.01. The van der Waals surface area contributed by atoms with Gasteiger partial charge in [-0.05, 0) is 29.5 Å². The molecule has 2 aromatic heterocycles. The fraction of sp³-hybridized carbons (Fsp3) is 0.273. The number of anilines is 1. The van der Waals surface area contributed by atoms with E-state index in [1.165, 1.54) is 4.68 Å². The third-order valence-corrected chi connectivity index (χ3v) is 3.36. The molecule has 3 N–H and O–H groups in total. The highest BCUT2D eigenvalue weighted by Gasteiger charge is 2.19. The Hall–Kier alpha value is -1.91. The smallest absolute Gasteiger partial charge is 0.277 e. The van der Waals surface area contributed by atoms with Crippen molar-refractivity contribution in [1.82, 2.24) is 19.6 Å². The zero-order valence-corrected chi connectivity index (χ0v) is 13.1. The highest BCUT2D eigenvalue weighted by molar-refractivity contribution is 14.1. The summed E-state index contributed by atoms with van der Waals surface area (Å²) in [6.45, 7) is 2.43. The monoisotopic (exact) mass is 388 g/mol. The highest BCUT2D eigenvalue weighted by atomic mass is 127. The van der Waals surface area contributed by atoms with E-state index in [1.807, 2.05) is 29.5 Å². The van der Waals surface area contributed by atoms with E-state index in [0.717, 1.165) is 0 Å². The molecule has 2 amide bonds. The van der Waals surface area contributed by atoms with Crippen LogP contribution < -0.4 is 11.1 Å². The van der Waals surface area contributed by atoms with E-state index >= 15 is 0 Å². The second-order valence-electron chi connectivity index (χ2n) is 4.06. The maximum absolute atomic E-state index is 12.1. The molecule has 0 aliphatic heterocycles. The predicted molar refractivity (Wildman–Crippen MR) is 80.3 cm³/mol. The first kappa shape index (κ1) is 14.5. The Morgan fingerprint density at radius 2 is 2.05 bits per heavy atom. The van der Waals surface area contributed by atoms with E-state index in [1.54, 1.807) is 24.1 Å². The molecule has 8 nitrogen and oxygen atoms in total. The Morgan fingerprint density at radius 3 is 2.55 bits per heavy atom. The van der Waals surface area contributed by atoms with Gasteiger partial charge in [-0.25, -0.2) is 0 Å². The summed E-state index contributed by atoms with van der Waals surface area (Å²) in [5.74, 6) is -1.10. The van der Waals surface area contributed by atoms with E-state index in [4.69, 9.17) is 5.73 Å². The molecule has 0 aliphatic rings. The molecule has 0 spiro atoms. The van der Waals surface area contributed by atoms with Crippen LogP contribution in [0.5, 0.6) is 0 Å². The first-order chi connectivity index (χ1) is 9.42. The van der Waals surface area contributed by atoms with Crippen LogP contribution in [-0.4, -0.2) is 31.4 Å². The lowest BCUT2D eigenvalue weighted by Crippen LogP contribution is -2.18. The van der Waals surface area contributed by atoms with E-state index in [-0.39, 0.29) is 17.1 Å². The number of halogens is 1. The van der Waals surface area contributed by atoms with Crippen molar-refractivity contribution in [2.75, 3.05) is 5.32 Å². The van der Waals surface area contributed by atoms with Crippen LogP contribution in [0.15, 0.2) is 12.4 Å².